The Labute approximate surface area is 195 Å². The van der Waals surface area contributed by atoms with E-state index in [0.717, 1.165) is 32.1 Å². The van der Waals surface area contributed by atoms with Crippen LogP contribution in [-0.2, 0) is 19.1 Å². The molecular weight excluding hydrogens is 387 g/mol. The van der Waals surface area contributed by atoms with Crippen LogP contribution in [0.15, 0.2) is 12.2 Å². The van der Waals surface area contributed by atoms with Crippen LogP contribution < -0.4 is 0 Å². The quantitative estimate of drug-likeness (QED) is 0.144. The second-order valence-corrected chi connectivity index (χ2v) is 8.84. The van der Waals surface area contributed by atoms with Gasteiger partial charge < -0.3 is 9.29 Å². The van der Waals surface area contributed by atoms with E-state index in [1.54, 1.807) is 0 Å². The van der Waals surface area contributed by atoms with E-state index in [2.05, 4.69) is 23.3 Å². The van der Waals surface area contributed by atoms with Crippen LogP contribution in [0.3, 0.4) is 0 Å². The predicted molar refractivity (Wildman–Crippen MR) is 118 cm³/mol. The molecule has 5 nitrogen and oxygen atoms in total. The summed E-state index contributed by atoms with van der Waals surface area (Å²) in [6.45, 7) is 3.75. The molecule has 0 aromatic heterocycles. The van der Waals surface area contributed by atoms with E-state index < -0.39 is 21.5 Å². The third-order valence-corrected chi connectivity index (χ3v) is 5.95. The Hall–Kier alpha value is 0.120. The van der Waals surface area contributed by atoms with Crippen molar-refractivity contribution in [3.05, 3.63) is 12.2 Å². The molecule has 0 aliphatic rings. The number of unbranched alkanes of at least 4 members (excludes halogenated alkanes) is 11. The molecule has 0 bridgehead atoms. The van der Waals surface area contributed by atoms with Crippen molar-refractivity contribution in [2.24, 2.45) is 0 Å². The van der Waals surface area contributed by atoms with Crippen LogP contribution in [0.5, 0.6) is 0 Å². The summed E-state index contributed by atoms with van der Waals surface area (Å²) in [5, 5.41) is 9.27. The number of carbonyl (C=O) groups is 1. The third-order valence-electron chi connectivity index (χ3n) is 4.53. The number of hydrogen-bond donors (Lipinski definition) is 1. The maximum absolute atomic E-state index is 11.5. The van der Waals surface area contributed by atoms with Crippen molar-refractivity contribution >= 4 is 45.6 Å². The maximum atomic E-state index is 11.5. The van der Waals surface area contributed by atoms with Crippen molar-refractivity contribution in [1.29, 1.82) is 0 Å². The van der Waals surface area contributed by atoms with E-state index in [0.29, 0.717) is 6.42 Å². The van der Waals surface area contributed by atoms with Crippen LogP contribution in [0, 0.1) is 0 Å². The standard InChI is InChI=1S/C21H40O5S.Na.H/c1-3-5-6-7-8-9-10-11-12-13-14-15-16-17-18-19-20(22)26-27(24,25)21(23)4-2;;/h11-12,21,23H,3-10,13-19H2,1-2H3;;/b12-11-;;. The van der Waals surface area contributed by atoms with Gasteiger partial charge in [-0.25, -0.2) is 0 Å². The summed E-state index contributed by atoms with van der Waals surface area (Å²) in [5.74, 6) is -0.778. The van der Waals surface area contributed by atoms with Gasteiger partial charge in [-0.05, 0) is 38.5 Å². The summed E-state index contributed by atoms with van der Waals surface area (Å²) in [6, 6.07) is 0. The summed E-state index contributed by atoms with van der Waals surface area (Å²) in [6.07, 6.45) is 19.7. The molecule has 0 rings (SSSR count). The molecule has 0 radical (unpaired) electrons. The molecule has 1 N–H and O–H groups in total. The molecule has 0 saturated heterocycles. The molecule has 7 heteroatoms. The molecular formula is C21H41NaO5S. The molecule has 0 amide bonds. The van der Waals surface area contributed by atoms with E-state index in [1.807, 2.05) is 0 Å². The van der Waals surface area contributed by atoms with Gasteiger partial charge in [-0.1, -0.05) is 77.4 Å². The van der Waals surface area contributed by atoms with E-state index in [4.69, 9.17) is 0 Å². The second-order valence-electron chi connectivity index (χ2n) is 7.15. The van der Waals surface area contributed by atoms with E-state index in [-0.39, 0.29) is 42.4 Å². The fourth-order valence-corrected chi connectivity index (χ4v) is 3.63. The Morgan fingerprint density at radius 1 is 0.857 bits per heavy atom. The van der Waals surface area contributed by atoms with E-state index in [1.165, 1.54) is 51.9 Å². The number of carbonyl (C=O) groups excluding carboxylic acids is 1. The zero-order valence-corrected chi connectivity index (χ0v) is 18.1. The summed E-state index contributed by atoms with van der Waals surface area (Å²) >= 11 is 0. The van der Waals surface area contributed by atoms with Gasteiger partial charge in [0, 0.05) is 6.42 Å². The monoisotopic (exact) mass is 428 g/mol. The third kappa shape index (κ3) is 18.2. The second kappa shape index (κ2) is 20.4. The van der Waals surface area contributed by atoms with Gasteiger partial charge in [0.05, 0.1) is 0 Å². The average Bonchev–Trinajstić information content (AvgIpc) is 2.63. The molecule has 28 heavy (non-hydrogen) atoms. The molecule has 0 fully saturated rings. The Morgan fingerprint density at radius 3 is 1.82 bits per heavy atom. The Kier molecular flexibility index (Phi) is 22.1. The Balaban J connectivity index is 0. The summed E-state index contributed by atoms with van der Waals surface area (Å²) in [4.78, 5) is 11.5. The molecule has 0 aromatic rings. The Bertz CT molecular complexity index is 491. The summed E-state index contributed by atoms with van der Waals surface area (Å²) < 4.78 is 27.2. The molecule has 0 aliphatic carbocycles. The molecule has 1 atom stereocenters. The average molecular weight is 429 g/mol. The van der Waals surface area contributed by atoms with Crippen LogP contribution in [0.4, 0.5) is 0 Å². The van der Waals surface area contributed by atoms with Gasteiger partial charge in [-0.2, -0.15) is 8.42 Å². The number of allylic oxidation sites excluding steroid dienone is 2. The van der Waals surface area contributed by atoms with Crippen molar-refractivity contribution in [2.75, 3.05) is 0 Å². The van der Waals surface area contributed by atoms with E-state index in [9.17, 15) is 18.3 Å². The molecule has 1 unspecified atom stereocenters. The predicted octanol–water partition coefficient (Wildman–Crippen LogP) is 4.98. The van der Waals surface area contributed by atoms with Gasteiger partial charge in [-0.15, -0.1) is 0 Å². The van der Waals surface area contributed by atoms with Crippen LogP contribution in [0.25, 0.3) is 0 Å². The number of aliphatic hydroxyl groups is 1. The van der Waals surface area contributed by atoms with Crippen LogP contribution in [0.1, 0.15) is 110 Å². The first-order chi connectivity index (χ1) is 12.9. The van der Waals surface area contributed by atoms with Gasteiger partial charge in [0.2, 0.25) is 0 Å². The van der Waals surface area contributed by atoms with Gasteiger partial charge in [-0.3, -0.25) is 4.79 Å². The van der Waals surface area contributed by atoms with Crippen molar-refractivity contribution in [1.82, 2.24) is 0 Å². The molecule has 0 aliphatic heterocycles. The van der Waals surface area contributed by atoms with E-state index >= 15 is 0 Å². The first kappa shape index (κ1) is 30.3. The van der Waals surface area contributed by atoms with Crippen molar-refractivity contribution < 1.29 is 22.5 Å². The first-order valence-corrected chi connectivity index (χ1v) is 12.2. The zero-order chi connectivity index (χ0) is 20.4. The summed E-state index contributed by atoms with van der Waals surface area (Å²) in [7, 11) is -4.18. The zero-order valence-electron chi connectivity index (χ0n) is 17.3. The number of rotatable bonds is 18. The van der Waals surface area contributed by atoms with Crippen molar-refractivity contribution in [3.63, 3.8) is 0 Å². The van der Waals surface area contributed by atoms with Gasteiger partial charge in [0.1, 0.15) is 0 Å². The van der Waals surface area contributed by atoms with Gasteiger partial charge in [0.15, 0.2) is 5.44 Å². The fourth-order valence-electron chi connectivity index (χ4n) is 2.77. The molecule has 0 saturated carbocycles. The Morgan fingerprint density at radius 2 is 1.32 bits per heavy atom. The van der Waals surface area contributed by atoms with Gasteiger partial charge >= 0.3 is 45.6 Å². The SMILES string of the molecule is CCCCCCCC/C=C\CCCCCCCC(=O)OS(=O)(=O)C(O)CC.[NaH]. The van der Waals surface area contributed by atoms with Crippen LogP contribution in [-0.4, -0.2) is 54.5 Å². The molecule has 0 aromatic carbocycles. The van der Waals surface area contributed by atoms with Gasteiger partial charge in [0.25, 0.3) is 0 Å². The van der Waals surface area contributed by atoms with Crippen molar-refractivity contribution in [3.8, 4) is 0 Å². The number of aliphatic hydroxyl groups excluding tert-OH is 1. The summed E-state index contributed by atoms with van der Waals surface area (Å²) in [5.41, 5.74) is -1.63. The topological polar surface area (TPSA) is 80.7 Å². The molecule has 0 spiro atoms. The minimum absolute atomic E-state index is 0. The molecule has 0 heterocycles. The normalized spacial score (nSPS) is 12.7. The minimum atomic E-state index is -4.18. The van der Waals surface area contributed by atoms with Crippen LogP contribution in [0.2, 0.25) is 0 Å². The van der Waals surface area contributed by atoms with Crippen molar-refractivity contribution in [2.45, 2.75) is 116 Å². The van der Waals surface area contributed by atoms with Crippen LogP contribution >= 0.6 is 0 Å². The first-order valence-electron chi connectivity index (χ1n) is 10.7. The number of hydrogen-bond acceptors (Lipinski definition) is 5. The fraction of sp³-hybridized carbons (Fsp3) is 0.857. The molecule has 162 valence electrons.